The molecule has 0 unspecified atom stereocenters. The standard InChI is InChI=1S/C9H12FNO2.ClH/c1-12-9-4-8(13-6-10)3-2-7(9)5-11;/h2-4H,5-6,11H2,1H3;1H. The van der Waals surface area contributed by atoms with Crippen molar-refractivity contribution in [2.45, 2.75) is 6.54 Å². The largest absolute Gasteiger partial charge is 0.496 e. The first kappa shape index (κ1) is 13.0. The summed E-state index contributed by atoms with van der Waals surface area (Å²) in [5.41, 5.74) is 6.32. The van der Waals surface area contributed by atoms with Crippen LogP contribution < -0.4 is 15.2 Å². The van der Waals surface area contributed by atoms with Crippen LogP contribution in [0.2, 0.25) is 0 Å². The SMILES string of the molecule is COc1cc(OCF)ccc1CN.Cl. The molecule has 0 fully saturated rings. The predicted molar refractivity (Wildman–Crippen MR) is 54.7 cm³/mol. The number of ether oxygens (including phenoxy) is 2. The van der Waals surface area contributed by atoms with Gasteiger partial charge in [0, 0.05) is 18.2 Å². The number of hydrogen-bond donors (Lipinski definition) is 1. The highest BCUT2D eigenvalue weighted by molar-refractivity contribution is 5.85. The van der Waals surface area contributed by atoms with E-state index in [0.29, 0.717) is 18.0 Å². The molecule has 0 amide bonds. The summed E-state index contributed by atoms with van der Waals surface area (Å²) >= 11 is 0. The van der Waals surface area contributed by atoms with E-state index < -0.39 is 6.86 Å². The first-order chi connectivity index (χ1) is 6.31. The Hall–Kier alpha value is -1.00. The molecular formula is C9H13ClFNO2. The zero-order valence-electron chi connectivity index (χ0n) is 7.83. The molecule has 0 aliphatic carbocycles. The lowest BCUT2D eigenvalue weighted by Gasteiger charge is -2.08. The van der Waals surface area contributed by atoms with Crippen molar-refractivity contribution in [1.82, 2.24) is 0 Å². The van der Waals surface area contributed by atoms with Crippen molar-refractivity contribution in [3.05, 3.63) is 23.8 Å². The van der Waals surface area contributed by atoms with Gasteiger partial charge in [0.05, 0.1) is 7.11 Å². The second kappa shape index (κ2) is 6.45. The number of benzene rings is 1. The van der Waals surface area contributed by atoms with Gasteiger partial charge in [-0.05, 0) is 6.07 Å². The van der Waals surface area contributed by atoms with E-state index in [1.807, 2.05) is 0 Å². The number of methoxy groups -OCH3 is 1. The molecule has 0 aliphatic rings. The van der Waals surface area contributed by atoms with Gasteiger partial charge < -0.3 is 15.2 Å². The highest BCUT2D eigenvalue weighted by Crippen LogP contribution is 2.24. The molecule has 0 saturated heterocycles. The van der Waals surface area contributed by atoms with Crippen LogP contribution in [0.1, 0.15) is 5.56 Å². The second-order valence-corrected chi connectivity index (χ2v) is 2.43. The molecule has 0 spiro atoms. The summed E-state index contributed by atoms with van der Waals surface area (Å²) in [6.45, 7) is -0.454. The Balaban J connectivity index is 0.00000169. The van der Waals surface area contributed by atoms with Crippen molar-refractivity contribution >= 4 is 12.4 Å². The summed E-state index contributed by atoms with van der Waals surface area (Å²) < 4.78 is 21.5. The van der Waals surface area contributed by atoms with Gasteiger partial charge in [-0.25, -0.2) is 4.39 Å². The van der Waals surface area contributed by atoms with E-state index >= 15 is 0 Å². The van der Waals surface area contributed by atoms with Crippen LogP contribution in [0, 0.1) is 0 Å². The molecule has 0 saturated carbocycles. The highest BCUT2D eigenvalue weighted by Gasteiger charge is 2.02. The Morgan fingerprint density at radius 2 is 2.14 bits per heavy atom. The summed E-state index contributed by atoms with van der Waals surface area (Å²) in [5.74, 6) is 1.06. The predicted octanol–water partition coefficient (Wildman–Crippen LogP) is 1.88. The third-order valence-electron chi connectivity index (χ3n) is 1.70. The molecule has 80 valence electrons. The van der Waals surface area contributed by atoms with Crippen LogP contribution >= 0.6 is 12.4 Å². The normalized spacial score (nSPS) is 9.07. The molecule has 0 bridgehead atoms. The van der Waals surface area contributed by atoms with E-state index in [4.69, 9.17) is 10.5 Å². The van der Waals surface area contributed by atoms with Crippen molar-refractivity contribution in [3.8, 4) is 11.5 Å². The van der Waals surface area contributed by atoms with Crippen molar-refractivity contribution < 1.29 is 13.9 Å². The number of halogens is 2. The summed E-state index contributed by atoms with van der Waals surface area (Å²) in [6, 6.07) is 5.02. The average molecular weight is 222 g/mol. The van der Waals surface area contributed by atoms with Gasteiger partial charge in [-0.15, -0.1) is 12.4 Å². The lowest BCUT2D eigenvalue weighted by molar-refractivity contribution is 0.191. The summed E-state index contributed by atoms with van der Waals surface area (Å²) in [6.07, 6.45) is 0. The maximum Gasteiger partial charge on any atom is 0.228 e. The Morgan fingerprint density at radius 3 is 2.64 bits per heavy atom. The van der Waals surface area contributed by atoms with Crippen molar-refractivity contribution in [1.29, 1.82) is 0 Å². The van der Waals surface area contributed by atoms with Crippen LogP contribution in [-0.2, 0) is 6.54 Å². The summed E-state index contributed by atoms with van der Waals surface area (Å²) in [7, 11) is 1.54. The van der Waals surface area contributed by atoms with Gasteiger partial charge in [-0.3, -0.25) is 0 Å². The monoisotopic (exact) mass is 221 g/mol. The molecule has 1 aromatic rings. The average Bonchev–Trinajstić information content (AvgIpc) is 2.18. The number of alkyl halides is 1. The molecule has 1 rings (SSSR count). The van der Waals surface area contributed by atoms with Crippen molar-refractivity contribution in [2.75, 3.05) is 14.0 Å². The number of rotatable bonds is 4. The third-order valence-corrected chi connectivity index (χ3v) is 1.70. The fraction of sp³-hybridized carbons (Fsp3) is 0.333. The molecule has 2 N–H and O–H groups in total. The minimum absolute atomic E-state index is 0. The Morgan fingerprint density at radius 1 is 1.43 bits per heavy atom. The van der Waals surface area contributed by atoms with E-state index in [1.165, 1.54) is 7.11 Å². The lowest BCUT2D eigenvalue weighted by atomic mass is 10.2. The zero-order chi connectivity index (χ0) is 9.68. The summed E-state index contributed by atoms with van der Waals surface area (Å²) in [4.78, 5) is 0. The molecule has 1 aromatic carbocycles. The van der Waals surface area contributed by atoms with E-state index in [2.05, 4.69) is 4.74 Å². The second-order valence-electron chi connectivity index (χ2n) is 2.43. The number of nitrogens with two attached hydrogens (primary N) is 1. The Labute approximate surface area is 88.4 Å². The molecular weight excluding hydrogens is 209 g/mol. The van der Waals surface area contributed by atoms with Gasteiger partial charge in [0.1, 0.15) is 11.5 Å². The minimum atomic E-state index is -0.842. The van der Waals surface area contributed by atoms with Crippen LogP contribution in [0.4, 0.5) is 4.39 Å². The fourth-order valence-electron chi connectivity index (χ4n) is 1.05. The van der Waals surface area contributed by atoms with E-state index in [1.54, 1.807) is 18.2 Å². The molecule has 14 heavy (non-hydrogen) atoms. The first-order valence-electron chi connectivity index (χ1n) is 3.87. The quantitative estimate of drug-likeness (QED) is 0.845. The molecule has 0 aliphatic heterocycles. The van der Waals surface area contributed by atoms with Gasteiger partial charge >= 0.3 is 0 Å². The van der Waals surface area contributed by atoms with E-state index in [-0.39, 0.29) is 12.4 Å². The van der Waals surface area contributed by atoms with Gasteiger partial charge in [-0.1, -0.05) is 6.07 Å². The van der Waals surface area contributed by atoms with Gasteiger partial charge in [0.2, 0.25) is 6.86 Å². The van der Waals surface area contributed by atoms with Crippen LogP contribution in [0.15, 0.2) is 18.2 Å². The maximum atomic E-state index is 11.8. The van der Waals surface area contributed by atoms with Crippen molar-refractivity contribution in [3.63, 3.8) is 0 Å². The zero-order valence-corrected chi connectivity index (χ0v) is 8.64. The third kappa shape index (κ3) is 3.05. The Bertz CT molecular complexity index is 284. The maximum absolute atomic E-state index is 11.8. The highest BCUT2D eigenvalue weighted by atomic mass is 35.5. The molecule has 0 aromatic heterocycles. The van der Waals surface area contributed by atoms with E-state index in [0.717, 1.165) is 5.56 Å². The topological polar surface area (TPSA) is 44.5 Å². The molecule has 0 atom stereocenters. The number of hydrogen-bond acceptors (Lipinski definition) is 3. The van der Waals surface area contributed by atoms with Crippen molar-refractivity contribution in [2.24, 2.45) is 5.73 Å². The van der Waals surface area contributed by atoms with Crippen LogP contribution in [0.25, 0.3) is 0 Å². The van der Waals surface area contributed by atoms with Gasteiger partial charge in [0.15, 0.2) is 0 Å². The lowest BCUT2D eigenvalue weighted by Crippen LogP contribution is -2.00. The Kier molecular flexibility index (Phi) is 5.99. The smallest absolute Gasteiger partial charge is 0.228 e. The molecule has 3 nitrogen and oxygen atoms in total. The van der Waals surface area contributed by atoms with E-state index in [9.17, 15) is 4.39 Å². The van der Waals surface area contributed by atoms with Gasteiger partial charge in [0.25, 0.3) is 0 Å². The minimum Gasteiger partial charge on any atom is -0.496 e. The molecule has 0 radical (unpaired) electrons. The summed E-state index contributed by atoms with van der Waals surface area (Å²) in [5, 5.41) is 0. The van der Waals surface area contributed by atoms with Crippen LogP contribution in [0.3, 0.4) is 0 Å². The fourth-order valence-corrected chi connectivity index (χ4v) is 1.05. The first-order valence-corrected chi connectivity index (χ1v) is 3.87. The molecule has 5 heteroatoms. The molecule has 0 heterocycles. The van der Waals surface area contributed by atoms with Crippen LogP contribution in [-0.4, -0.2) is 14.0 Å². The van der Waals surface area contributed by atoms with Gasteiger partial charge in [-0.2, -0.15) is 0 Å². The van der Waals surface area contributed by atoms with Crippen LogP contribution in [0.5, 0.6) is 11.5 Å².